The van der Waals surface area contributed by atoms with E-state index in [2.05, 4.69) is 21.3 Å². The summed E-state index contributed by atoms with van der Waals surface area (Å²) < 4.78 is 5.21. The second kappa shape index (κ2) is 14.1. The van der Waals surface area contributed by atoms with Crippen LogP contribution in [0.3, 0.4) is 0 Å². The molecule has 12 nitrogen and oxygen atoms in total. The van der Waals surface area contributed by atoms with Crippen LogP contribution in [0.2, 0.25) is 0 Å². The highest BCUT2D eigenvalue weighted by Crippen LogP contribution is 2.62. The standard InChI is InChI=1S/C35H45N5O7/c1-21(38-31(44)27(36)13-23-8-10-26(41)11-9-23)30(43)37-19-29(42)39-28(14-22-6-4-3-5-7-22)32(45)40-35-17-24-12-25(18-35)16-34(15-24,20-35)33(46)47-2/h3-11,21,24-25,27-28,41H,12-20,36H2,1-2H3,(H,37,43)(H,38,44)(H,39,42)(H,40,45)/t21-,24?,25?,27+,28+,34?,35?/m1/s1. The van der Waals surface area contributed by atoms with Crippen LogP contribution in [0.15, 0.2) is 54.6 Å². The highest BCUT2D eigenvalue weighted by atomic mass is 16.5. The predicted octanol–water partition coefficient (Wildman–Crippen LogP) is 1.24. The lowest BCUT2D eigenvalue weighted by atomic mass is 9.47. The topological polar surface area (TPSA) is 189 Å². The SMILES string of the molecule is COC(=O)C12CC3CC(CC(NC(=O)[C@H](Cc4ccccc4)NC(=O)CNC(=O)[C@@H](C)NC(=O)[C@@H](N)Cc4ccc(O)cc4)(C3)C1)C2. The molecule has 47 heavy (non-hydrogen) atoms. The lowest BCUT2D eigenvalue weighted by Crippen LogP contribution is -2.66. The fourth-order valence-corrected chi connectivity index (χ4v) is 8.20. The molecule has 0 spiro atoms. The van der Waals surface area contributed by atoms with E-state index in [9.17, 15) is 29.1 Å². The summed E-state index contributed by atoms with van der Waals surface area (Å²) in [6, 6.07) is 12.8. The van der Waals surface area contributed by atoms with Gasteiger partial charge >= 0.3 is 5.97 Å². The molecule has 0 radical (unpaired) electrons. The molecular formula is C35H45N5O7. The van der Waals surface area contributed by atoms with Crippen molar-refractivity contribution in [3.63, 3.8) is 0 Å². The Hall–Kier alpha value is -4.45. The van der Waals surface area contributed by atoms with E-state index in [1.165, 1.54) is 26.2 Å². The molecule has 4 fully saturated rings. The summed E-state index contributed by atoms with van der Waals surface area (Å²) in [5.74, 6) is -1.47. The van der Waals surface area contributed by atoms with Crippen molar-refractivity contribution in [1.82, 2.24) is 21.3 Å². The number of esters is 1. The zero-order valence-electron chi connectivity index (χ0n) is 26.9. The van der Waals surface area contributed by atoms with Crippen molar-refractivity contribution < 1.29 is 33.8 Å². The normalized spacial score (nSPS) is 25.9. The maximum absolute atomic E-state index is 13.9. The molecule has 0 aliphatic heterocycles. The van der Waals surface area contributed by atoms with Gasteiger partial charge in [-0.1, -0.05) is 42.5 Å². The van der Waals surface area contributed by atoms with Crippen LogP contribution in [0.1, 0.15) is 56.6 Å². The van der Waals surface area contributed by atoms with E-state index in [-0.39, 0.29) is 30.5 Å². The number of carbonyl (C=O) groups is 5. The van der Waals surface area contributed by atoms with Crippen LogP contribution in [0, 0.1) is 17.3 Å². The molecule has 4 aliphatic rings. The van der Waals surface area contributed by atoms with Crippen LogP contribution in [0.25, 0.3) is 0 Å². The maximum atomic E-state index is 13.9. The first kappa shape index (κ1) is 33.9. The van der Waals surface area contributed by atoms with Crippen molar-refractivity contribution in [2.24, 2.45) is 23.0 Å². The second-order valence-corrected chi connectivity index (χ2v) is 13.7. The first-order valence-corrected chi connectivity index (χ1v) is 16.2. The monoisotopic (exact) mass is 647 g/mol. The molecule has 6 rings (SSSR count). The molecule has 5 atom stereocenters. The molecule has 4 amide bonds. The molecular weight excluding hydrogens is 602 g/mol. The number of nitrogens with two attached hydrogens (primary N) is 1. The van der Waals surface area contributed by atoms with Crippen molar-refractivity contribution >= 4 is 29.6 Å². The van der Waals surface area contributed by atoms with Gasteiger partial charge in [0.25, 0.3) is 0 Å². The lowest BCUT2D eigenvalue weighted by molar-refractivity contribution is -0.173. The Labute approximate surface area is 274 Å². The van der Waals surface area contributed by atoms with E-state index >= 15 is 0 Å². The van der Waals surface area contributed by atoms with Crippen LogP contribution in [0.5, 0.6) is 5.75 Å². The Balaban J connectivity index is 1.17. The maximum Gasteiger partial charge on any atom is 0.311 e. The zero-order valence-corrected chi connectivity index (χ0v) is 26.9. The Morgan fingerprint density at radius 3 is 2.15 bits per heavy atom. The number of ether oxygens (including phenoxy) is 1. The number of benzene rings is 2. The third-order valence-electron chi connectivity index (χ3n) is 9.91. The predicted molar refractivity (Wildman–Crippen MR) is 172 cm³/mol. The van der Waals surface area contributed by atoms with Gasteiger partial charge in [0, 0.05) is 12.0 Å². The smallest absolute Gasteiger partial charge is 0.311 e. The molecule has 0 saturated heterocycles. The van der Waals surface area contributed by atoms with Gasteiger partial charge in [-0.05, 0) is 87.0 Å². The zero-order chi connectivity index (χ0) is 33.8. The van der Waals surface area contributed by atoms with E-state index in [0.29, 0.717) is 18.3 Å². The highest BCUT2D eigenvalue weighted by molar-refractivity contribution is 5.93. The number of hydrogen-bond acceptors (Lipinski definition) is 8. The molecule has 4 aliphatic carbocycles. The number of hydrogen-bond donors (Lipinski definition) is 6. The molecule has 7 N–H and O–H groups in total. The van der Waals surface area contributed by atoms with Gasteiger partial charge in [-0.25, -0.2) is 0 Å². The van der Waals surface area contributed by atoms with Crippen LogP contribution in [-0.2, 0) is 41.6 Å². The van der Waals surface area contributed by atoms with Gasteiger partial charge in [-0.3, -0.25) is 24.0 Å². The van der Waals surface area contributed by atoms with Crippen molar-refractivity contribution in [1.29, 1.82) is 0 Å². The number of phenolic OH excluding ortho intramolecular Hbond substituents is 1. The average Bonchev–Trinajstić information content (AvgIpc) is 3.03. The van der Waals surface area contributed by atoms with E-state index in [0.717, 1.165) is 43.2 Å². The fraction of sp³-hybridized carbons (Fsp3) is 0.514. The molecule has 4 saturated carbocycles. The van der Waals surface area contributed by atoms with Crippen LogP contribution in [0.4, 0.5) is 0 Å². The molecule has 252 valence electrons. The number of rotatable bonds is 13. The van der Waals surface area contributed by atoms with Crippen molar-refractivity contribution in [2.45, 2.75) is 82.0 Å². The van der Waals surface area contributed by atoms with Gasteiger partial charge in [0.05, 0.1) is 25.1 Å². The van der Waals surface area contributed by atoms with Crippen molar-refractivity contribution in [2.75, 3.05) is 13.7 Å². The minimum atomic E-state index is -0.970. The summed E-state index contributed by atoms with van der Waals surface area (Å²) in [4.78, 5) is 65.2. The van der Waals surface area contributed by atoms with Gasteiger partial charge in [-0.15, -0.1) is 0 Å². The quantitative estimate of drug-likeness (QED) is 0.175. The molecule has 2 aromatic rings. The lowest BCUT2D eigenvalue weighted by Gasteiger charge is -2.60. The van der Waals surface area contributed by atoms with Crippen LogP contribution >= 0.6 is 0 Å². The molecule has 2 aromatic carbocycles. The number of methoxy groups -OCH3 is 1. The van der Waals surface area contributed by atoms with Gasteiger partial charge in [-0.2, -0.15) is 0 Å². The van der Waals surface area contributed by atoms with Gasteiger partial charge in [0.15, 0.2) is 0 Å². The number of carbonyl (C=O) groups excluding carboxylic acids is 5. The van der Waals surface area contributed by atoms with Gasteiger partial charge in [0.1, 0.15) is 17.8 Å². The third kappa shape index (κ3) is 8.10. The molecule has 12 heteroatoms. The van der Waals surface area contributed by atoms with Crippen molar-refractivity contribution in [3.8, 4) is 5.75 Å². The Kier molecular flexibility index (Phi) is 10.2. The van der Waals surface area contributed by atoms with E-state index in [1.807, 2.05) is 30.3 Å². The molecule has 0 aromatic heterocycles. The third-order valence-corrected chi connectivity index (χ3v) is 9.91. The first-order chi connectivity index (χ1) is 22.4. The van der Waals surface area contributed by atoms with Crippen molar-refractivity contribution in [3.05, 3.63) is 65.7 Å². The average molecular weight is 648 g/mol. The summed E-state index contributed by atoms with van der Waals surface area (Å²) in [6.45, 7) is 1.08. The highest BCUT2D eigenvalue weighted by Gasteiger charge is 2.61. The van der Waals surface area contributed by atoms with E-state index in [1.54, 1.807) is 12.1 Å². The molecule has 2 unspecified atom stereocenters. The molecule has 0 heterocycles. The number of nitrogens with one attached hydrogen (secondary N) is 4. The largest absolute Gasteiger partial charge is 0.508 e. The first-order valence-electron chi connectivity index (χ1n) is 16.2. The summed E-state index contributed by atoms with van der Waals surface area (Å²) in [5.41, 5.74) is 6.49. The number of amides is 4. The Bertz CT molecular complexity index is 1470. The summed E-state index contributed by atoms with van der Waals surface area (Å²) in [5, 5.41) is 20.6. The number of phenols is 1. The second-order valence-electron chi connectivity index (χ2n) is 13.7. The van der Waals surface area contributed by atoms with E-state index in [4.69, 9.17) is 10.5 Å². The summed E-state index contributed by atoms with van der Waals surface area (Å²) >= 11 is 0. The Morgan fingerprint density at radius 2 is 1.51 bits per heavy atom. The number of aromatic hydroxyl groups is 1. The minimum Gasteiger partial charge on any atom is -0.508 e. The Morgan fingerprint density at radius 1 is 0.872 bits per heavy atom. The van der Waals surface area contributed by atoms with Crippen LogP contribution < -0.4 is 27.0 Å². The van der Waals surface area contributed by atoms with Crippen LogP contribution in [-0.4, -0.2) is 72.0 Å². The van der Waals surface area contributed by atoms with Gasteiger partial charge < -0.3 is 36.8 Å². The fourth-order valence-electron chi connectivity index (χ4n) is 8.20. The van der Waals surface area contributed by atoms with E-state index < -0.39 is 53.3 Å². The van der Waals surface area contributed by atoms with Gasteiger partial charge in [0.2, 0.25) is 23.6 Å². The molecule has 4 bridgehead atoms. The minimum absolute atomic E-state index is 0.101. The summed E-state index contributed by atoms with van der Waals surface area (Å²) in [7, 11) is 1.42. The summed E-state index contributed by atoms with van der Waals surface area (Å²) in [6.07, 6.45) is 5.15.